The van der Waals surface area contributed by atoms with Crippen LogP contribution in [0.15, 0.2) is 60.8 Å². The lowest BCUT2D eigenvalue weighted by Gasteiger charge is -2.49. The van der Waals surface area contributed by atoms with E-state index in [-0.39, 0.29) is 11.7 Å². The fourth-order valence-electron chi connectivity index (χ4n) is 4.33. The minimum atomic E-state index is -0.727. The summed E-state index contributed by atoms with van der Waals surface area (Å²) in [5.74, 6) is -0.240. The summed E-state index contributed by atoms with van der Waals surface area (Å²) < 4.78 is 14.6. The second-order valence-electron chi connectivity index (χ2n) is 8.36. The van der Waals surface area contributed by atoms with Crippen molar-refractivity contribution in [2.75, 3.05) is 5.32 Å². The van der Waals surface area contributed by atoms with Crippen LogP contribution < -0.4 is 11.1 Å². The van der Waals surface area contributed by atoms with E-state index in [1.807, 2.05) is 24.3 Å². The summed E-state index contributed by atoms with van der Waals surface area (Å²) in [4.78, 5) is 15.8. The van der Waals surface area contributed by atoms with E-state index in [2.05, 4.69) is 10.3 Å². The first kappa shape index (κ1) is 20.2. The Morgan fingerprint density at radius 2 is 1.77 bits per heavy atom. The number of nitrogens with zero attached hydrogens (tertiary/aromatic N) is 1. The van der Waals surface area contributed by atoms with Crippen LogP contribution >= 0.6 is 0 Å². The zero-order valence-corrected chi connectivity index (χ0v) is 16.9. The molecule has 0 spiro atoms. The van der Waals surface area contributed by atoms with Crippen molar-refractivity contribution in [1.82, 2.24) is 4.98 Å². The fraction of sp³-hybridized carbons (Fsp3) is 0.250. The van der Waals surface area contributed by atoms with Crippen LogP contribution in [0.3, 0.4) is 0 Å². The first-order chi connectivity index (χ1) is 14.2. The Bertz CT molecular complexity index is 1100. The molecule has 6 heteroatoms. The second kappa shape index (κ2) is 7.31. The molecular weight excluding hydrogens is 381 g/mol. The van der Waals surface area contributed by atoms with Gasteiger partial charge in [-0.05, 0) is 48.6 Å². The van der Waals surface area contributed by atoms with Crippen LogP contribution in [0.2, 0.25) is 0 Å². The molecule has 0 bridgehead atoms. The SMILES string of the molecule is CC(=O)Nc1cc(-c2ccccc2F)c(-c2ccc(C3(N)CC(C)(O)C3)cc2)cn1. The lowest BCUT2D eigenvalue weighted by molar-refractivity contribution is -0.114. The van der Waals surface area contributed by atoms with Crippen LogP contribution in [0.1, 0.15) is 32.3 Å². The number of nitrogens with two attached hydrogens (primary N) is 1. The Morgan fingerprint density at radius 3 is 2.37 bits per heavy atom. The third kappa shape index (κ3) is 3.84. The van der Waals surface area contributed by atoms with Crippen molar-refractivity contribution in [2.45, 2.75) is 37.8 Å². The molecule has 5 nitrogen and oxygen atoms in total. The number of anilines is 1. The van der Waals surface area contributed by atoms with E-state index >= 15 is 0 Å². The molecule has 0 atom stereocenters. The molecule has 2 aromatic carbocycles. The minimum absolute atomic E-state index is 0.247. The minimum Gasteiger partial charge on any atom is -0.390 e. The van der Waals surface area contributed by atoms with Crippen molar-refractivity contribution < 1.29 is 14.3 Å². The van der Waals surface area contributed by atoms with Gasteiger partial charge in [0.1, 0.15) is 11.6 Å². The van der Waals surface area contributed by atoms with Gasteiger partial charge in [-0.1, -0.05) is 42.5 Å². The molecule has 4 rings (SSSR count). The lowest BCUT2D eigenvalue weighted by atomic mass is 9.63. The van der Waals surface area contributed by atoms with Gasteiger partial charge in [0.2, 0.25) is 5.91 Å². The molecule has 0 unspecified atom stereocenters. The molecule has 154 valence electrons. The van der Waals surface area contributed by atoms with Gasteiger partial charge in [0.05, 0.1) is 5.60 Å². The number of amides is 1. The van der Waals surface area contributed by atoms with E-state index in [4.69, 9.17) is 5.73 Å². The van der Waals surface area contributed by atoms with Crippen LogP contribution in [0, 0.1) is 5.82 Å². The number of halogens is 1. The van der Waals surface area contributed by atoms with Crippen molar-refractivity contribution in [3.63, 3.8) is 0 Å². The summed E-state index contributed by atoms with van der Waals surface area (Å²) in [6.07, 6.45) is 2.65. The fourth-order valence-corrected chi connectivity index (χ4v) is 4.33. The van der Waals surface area contributed by atoms with Crippen molar-refractivity contribution >= 4 is 11.7 Å². The Morgan fingerprint density at radius 1 is 1.10 bits per heavy atom. The number of benzene rings is 2. The first-order valence-electron chi connectivity index (χ1n) is 9.82. The number of aromatic nitrogens is 1. The molecular formula is C24H24FN3O2. The number of hydrogen-bond acceptors (Lipinski definition) is 4. The zero-order valence-electron chi connectivity index (χ0n) is 16.9. The lowest BCUT2D eigenvalue weighted by Crippen LogP contribution is -2.58. The maximum absolute atomic E-state index is 14.6. The Kier molecular flexibility index (Phi) is 4.92. The van der Waals surface area contributed by atoms with Gasteiger partial charge in [-0.2, -0.15) is 0 Å². The molecule has 1 aliphatic rings. The summed E-state index contributed by atoms with van der Waals surface area (Å²) >= 11 is 0. The third-order valence-corrected chi connectivity index (χ3v) is 5.54. The highest BCUT2D eigenvalue weighted by Gasteiger charge is 2.49. The van der Waals surface area contributed by atoms with E-state index in [1.165, 1.54) is 13.0 Å². The smallest absolute Gasteiger partial charge is 0.222 e. The van der Waals surface area contributed by atoms with E-state index < -0.39 is 11.1 Å². The Hall–Kier alpha value is -3.09. The quantitative estimate of drug-likeness (QED) is 0.607. The highest BCUT2D eigenvalue weighted by atomic mass is 19.1. The molecule has 1 amide bonds. The van der Waals surface area contributed by atoms with Crippen LogP contribution in [-0.2, 0) is 10.3 Å². The maximum atomic E-state index is 14.6. The van der Waals surface area contributed by atoms with Crippen LogP contribution in [-0.4, -0.2) is 21.6 Å². The molecule has 1 heterocycles. The number of pyridine rings is 1. The molecule has 1 aromatic heterocycles. The second-order valence-corrected chi connectivity index (χ2v) is 8.36. The van der Waals surface area contributed by atoms with Gasteiger partial charge in [-0.3, -0.25) is 4.79 Å². The van der Waals surface area contributed by atoms with E-state index in [1.54, 1.807) is 37.4 Å². The summed E-state index contributed by atoms with van der Waals surface area (Å²) in [5, 5.41) is 12.7. The number of rotatable bonds is 4. The van der Waals surface area contributed by atoms with Gasteiger partial charge in [0.25, 0.3) is 0 Å². The molecule has 0 radical (unpaired) electrons. The molecule has 1 aliphatic carbocycles. The number of carbonyl (C=O) groups excluding carboxylic acids is 1. The van der Waals surface area contributed by atoms with Gasteiger partial charge < -0.3 is 16.2 Å². The van der Waals surface area contributed by atoms with E-state index in [0.717, 1.165) is 16.7 Å². The normalized spacial score (nSPS) is 23.0. The summed E-state index contributed by atoms with van der Waals surface area (Å²) in [5.41, 5.74) is 8.78. The molecule has 1 saturated carbocycles. The van der Waals surface area contributed by atoms with Gasteiger partial charge in [-0.15, -0.1) is 0 Å². The van der Waals surface area contributed by atoms with Gasteiger partial charge >= 0.3 is 0 Å². The summed E-state index contributed by atoms with van der Waals surface area (Å²) in [6, 6.07) is 15.9. The molecule has 0 saturated heterocycles. The third-order valence-electron chi connectivity index (χ3n) is 5.54. The van der Waals surface area contributed by atoms with Gasteiger partial charge in [0.15, 0.2) is 0 Å². The Balaban J connectivity index is 1.75. The average Bonchev–Trinajstić information content (AvgIpc) is 2.66. The number of carbonyl (C=O) groups is 1. The summed E-state index contributed by atoms with van der Waals surface area (Å²) in [6.45, 7) is 3.19. The summed E-state index contributed by atoms with van der Waals surface area (Å²) in [7, 11) is 0. The molecule has 1 fully saturated rings. The standard InChI is InChI=1S/C24H24FN3O2/c1-15(29)28-22-11-19(18-5-3-4-6-21(18)25)20(12-27-22)16-7-9-17(10-8-16)24(26)13-23(2,30)14-24/h3-12,30H,13-14,26H2,1-2H3,(H,27,28,29). The highest BCUT2D eigenvalue weighted by molar-refractivity contribution is 5.91. The van der Waals surface area contributed by atoms with Crippen molar-refractivity contribution in [1.29, 1.82) is 0 Å². The van der Waals surface area contributed by atoms with E-state index in [9.17, 15) is 14.3 Å². The molecule has 4 N–H and O–H groups in total. The van der Waals surface area contributed by atoms with Gasteiger partial charge in [0, 0.05) is 29.8 Å². The van der Waals surface area contributed by atoms with Crippen LogP contribution in [0.4, 0.5) is 10.2 Å². The number of nitrogens with one attached hydrogen (secondary N) is 1. The largest absolute Gasteiger partial charge is 0.390 e. The van der Waals surface area contributed by atoms with E-state index in [0.29, 0.717) is 29.8 Å². The van der Waals surface area contributed by atoms with Crippen molar-refractivity contribution in [2.24, 2.45) is 5.73 Å². The topological polar surface area (TPSA) is 88.2 Å². The Labute approximate surface area is 174 Å². The highest BCUT2D eigenvalue weighted by Crippen LogP contribution is 2.46. The number of aliphatic hydroxyl groups is 1. The molecule has 30 heavy (non-hydrogen) atoms. The molecule has 3 aromatic rings. The maximum Gasteiger partial charge on any atom is 0.222 e. The number of hydrogen-bond donors (Lipinski definition) is 3. The molecule has 0 aliphatic heterocycles. The van der Waals surface area contributed by atoms with Gasteiger partial charge in [-0.25, -0.2) is 9.37 Å². The predicted molar refractivity (Wildman–Crippen MR) is 115 cm³/mol. The zero-order chi connectivity index (χ0) is 21.5. The van der Waals surface area contributed by atoms with Crippen LogP contribution in [0.25, 0.3) is 22.3 Å². The van der Waals surface area contributed by atoms with Crippen molar-refractivity contribution in [3.8, 4) is 22.3 Å². The van der Waals surface area contributed by atoms with Crippen LogP contribution in [0.5, 0.6) is 0 Å². The predicted octanol–water partition coefficient (Wildman–Crippen LogP) is 4.21. The average molecular weight is 405 g/mol. The first-order valence-corrected chi connectivity index (χ1v) is 9.82. The van der Waals surface area contributed by atoms with Crippen molar-refractivity contribution in [3.05, 3.63) is 72.2 Å². The monoisotopic (exact) mass is 405 g/mol.